The zero-order valence-electron chi connectivity index (χ0n) is 12.6. The van der Waals surface area contributed by atoms with Crippen LogP contribution in [0.1, 0.15) is 31.7 Å². The van der Waals surface area contributed by atoms with Crippen molar-refractivity contribution in [3.8, 4) is 0 Å². The van der Waals surface area contributed by atoms with E-state index in [9.17, 15) is 4.79 Å². The molecule has 2 heterocycles. The van der Waals surface area contributed by atoms with E-state index in [1.165, 1.54) is 12.8 Å². The Morgan fingerprint density at radius 3 is 2.83 bits per heavy atom. The topological polar surface area (TPSA) is 62.7 Å². The fourth-order valence-electron chi connectivity index (χ4n) is 3.32. The molecule has 1 aliphatic carbocycles. The first kappa shape index (κ1) is 14.3. The third kappa shape index (κ3) is 2.61. The number of para-hydroxylation sites is 1. The van der Waals surface area contributed by atoms with Gasteiger partial charge in [-0.15, -0.1) is 0 Å². The number of aromatic amines is 1. The second-order valence-electron chi connectivity index (χ2n) is 5.93. The Hall–Kier alpha value is -2.27. The quantitative estimate of drug-likeness (QED) is 0.756. The molecule has 0 atom stereocenters. The number of rotatable bonds is 3. The Morgan fingerprint density at radius 2 is 2.04 bits per heavy atom. The highest BCUT2D eigenvalue weighted by Gasteiger charge is 2.21. The number of nitrogens with zero attached hydrogens (tertiary/aromatic N) is 2. The summed E-state index contributed by atoms with van der Waals surface area (Å²) >= 11 is 6.18. The van der Waals surface area contributed by atoms with Gasteiger partial charge in [0, 0.05) is 12.1 Å². The summed E-state index contributed by atoms with van der Waals surface area (Å²) in [4.78, 5) is 19.6. The van der Waals surface area contributed by atoms with Crippen LogP contribution >= 0.6 is 11.6 Å². The molecule has 23 heavy (non-hydrogen) atoms. The predicted molar refractivity (Wildman–Crippen MR) is 92.6 cm³/mol. The smallest absolute Gasteiger partial charge is 0.326 e. The highest BCUT2D eigenvalue weighted by Crippen LogP contribution is 2.31. The SMILES string of the molecule is O=c1[nH]c2cnc(Nc3ccccc3Cl)cc2n1C1CCCC1. The average Bonchev–Trinajstić information content (AvgIpc) is 3.16. The monoisotopic (exact) mass is 328 g/mol. The predicted octanol–water partition coefficient (Wildman–Crippen LogP) is 4.24. The van der Waals surface area contributed by atoms with Crippen LogP contribution in [0, 0.1) is 0 Å². The largest absolute Gasteiger partial charge is 0.339 e. The number of pyridine rings is 1. The molecule has 4 rings (SSSR count). The maximum Gasteiger partial charge on any atom is 0.326 e. The van der Waals surface area contributed by atoms with Crippen LogP contribution < -0.4 is 11.0 Å². The lowest BCUT2D eigenvalue weighted by molar-refractivity contribution is 0.518. The van der Waals surface area contributed by atoms with E-state index in [0.29, 0.717) is 10.8 Å². The van der Waals surface area contributed by atoms with Gasteiger partial charge in [-0.1, -0.05) is 36.6 Å². The molecule has 1 aromatic carbocycles. The number of aromatic nitrogens is 3. The normalized spacial score (nSPS) is 15.3. The van der Waals surface area contributed by atoms with Crippen LogP contribution in [0.4, 0.5) is 11.5 Å². The summed E-state index contributed by atoms with van der Waals surface area (Å²) in [6, 6.07) is 9.72. The van der Waals surface area contributed by atoms with Crippen molar-refractivity contribution in [2.24, 2.45) is 0 Å². The van der Waals surface area contributed by atoms with E-state index in [-0.39, 0.29) is 11.7 Å². The summed E-state index contributed by atoms with van der Waals surface area (Å²) in [7, 11) is 0. The molecular weight excluding hydrogens is 312 g/mol. The zero-order chi connectivity index (χ0) is 15.8. The van der Waals surface area contributed by atoms with Gasteiger partial charge in [-0.3, -0.25) is 4.57 Å². The van der Waals surface area contributed by atoms with Gasteiger partial charge in [0.2, 0.25) is 0 Å². The second-order valence-corrected chi connectivity index (χ2v) is 6.34. The molecule has 1 saturated carbocycles. The average molecular weight is 329 g/mol. The number of benzene rings is 1. The molecule has 118 valence electrons. The molecule has 0 amide bonds. The van der Waals surface area contributed by atoms with Crippen LogP contribution in [0.3, 0.4) is 0 Å². The van der Waals surface area contributed by atoms with Crippen LogP contribution in [0.5, 0.6) is 0 Å². The van der Waals surface area contributed by atoms with Crippen LogP contribution in [0.2, 0.25) is 5.02 Å². The van der Waals surface area contributed by atoms with E-state index in [1.807, 2.05) is 34.9 Å². The number of nitrogens with one attached hydrogen (secondary N) is 2. The van der Waals surface area contributed by atoms with Gasteiger partial charge in [0.05, 0.1) is 27.9 Å². The number of hydrogen-bond donors (Lipinski definition) is 2. The van der Waals surface area contributed by atoms with Gasteiger partial charge in [0.15, 0.2) is 0 Å². The molecule has 0 bridgehead atoms. The molecule has 5 nitrogen and oxygen atoms in total. The zero-order valence-corrected chi connectivity index (χ0v) is 13.3. The molecule has 2 aromatic heterocycles. The molecule has 0 aliphatic heterocycles. The Kier molecular flexibility index (Phi) is 3.58. The highest BCUT2D eigenvalue weighted by molar-refractivity contribution is 6.33. The van der Waals surface area contributed by atoms with Crippen molar-refractivity contribution in [3.63, 3.8) is 0 Å². The fourth-order valence-corrected chi connectivity index (χ4v) is 3.50. The maximum atomic E-state index is 12.3. The van der Waals surface area contributed by atoms with Crippen molar-refractivity contribution < 1.29 is 0 Å². The van der Waals surface area contributed by atoms with Crippen molar-refractivity contribution >= 4 is 34.1 Å². The fraction of sp³-hybridized carbons (Fsp3) is 0.294. The van der Waals surface area contributed by atoms with Crippen LogP contribution in [-0.4, -0.2) is 14.5 Å². The van der Waals surface area contributed by atoms with Crippen molar-refractivity contribution in [1.82, 2.24) is 14.5 Å². The van der Waals surface area contributed by atoms with Crippen molar-refractivity contribution in [2.45, 2.75) is 31.7 Å². The van der Waals surface area contributed by atoms with Crippen LogP contribution in [0.15, 0.2) is 41.3 Å². The van der Waals surface area contributed by atoms with Crippen molar-refractivity contribution in [2.75, 3.05) is 5.32 Å². The first-order valence-corrected chi connectivity index (χ1v) is 8.22. The van der Waals surface area contributed by atoms with Gasteiger partial charge >= 0.3 is 5.69 Å². The van der Waals surface area contributed by atoms with E-state index in [4.69, 9.17) is 11.6 Å². The van der Waals surface area contributed by atoms with E-state index in [2.05, 4.69) is 15.3 Å². The van der Waals surface area contributed by atoms with Gasteiger partial charge in [-0.05, 0) is 25.0 Å². The van der Waals surface area contributed by atoms with E-state index >= 15 is 0 Å². The first-order valence-electron chi connectivity index (χ1n) is 7.84. The molecule has 2 N–H and O–H groups in total. The maximum absolute atomic E-state index is 12.3. The Balaban J connectivity index is 1.76. The number of fused-ring (bicyclic) bond motifs is 1. The van der Waals surface area contributed by atoms with E-state index in [1.54, 1.807) is 6.20 Å². The molecule has 1 aliphatic rings. The first-order chi connectivity index (χ1) is 11.2. The summed E-state index contributed by atoms with van der Waals surface area (Å²) < 4.78 is 1.88. The van der Waals surface area contributed by atoms with Gasteiger partial charge < -0.3 is 10.3 Å². The molecule has 0 radical (unpaired) electrons. The lowest BCUT2D eigenvalue weighted by Crippen LogP contribution is -2.20. The number of H-pyrrole nitrogens is 1. The van der Waals surface area contributed by atoms with Gasteiger partial charge in [-0.2, -0.15) is 0 Å². The van der Waals surface area contributed by atoms with Crippen LogP contribution in [0.25, 0.3) is 11.0 Å². The molecule has 6 heteroatoms. The summed E-state index contributed by atoms with van der Waals surface area (Å²) in [6.07, 6.45) is 6.17. The van der Waals surface area contributed by atoms with Gasteiger partial charge in [0.25, 0.3) is 0 Å². The van der Waals surface area contributed by atoms with Crippen molar-refractivity contribution in [3.05, 3.63) is 52.0 Å². The minimum atomic E-state index is -0.0522. The van der Waals surface area contributed by atoms with Crippen molar-refractivity contribution in [1.29, 1.82) is 0 Å². The van der Waals surface area contributed by atoms with Crippen LogP contribution in [-0.2, 0) is 0 Å². The highest BCUT2D eigenvalue weighted by atomic mass is 35.5. The summed E-state index contributed by atoms with van der Waals surface area (Å²) in [5.41, 5.74) is 2.41. The minimum Gasteiger partial charge on any atom is -0.339 e. The third-order valence-electron chi connectivity index (χ3n) is 4.43. The second kappa shape index (κ2) is 5.74. The van der Waals surface area contributed by atoms with E-state index in [0.717, 1.165) is 29.6 Å². The minimum absolute atomic E-state index is 0.0522. The Labute approximate surface area is 138 Å². The summed E-state index contributed by atoms with van der Waals surface area (Å²) in [6.45, 7) is 0. The third-order valence-corrected chi connectivity index (χ3v) is 4.76. The van der Waals surface area contributed by atoms with Gasteiger partial charge in [-0.25, -0.2) is 9.78 Å². The molecular formula is C17H17ClN4O. The molecule has 0 saturated heterocycles. The molecule has 0 spiro atoms. The Bertz CT molecular complexity index is 908. The number of imidazole rings is 1. The van der Waals surface area contributed by atoms with E-state index < -0.39 is 0 Å². The lowest BCUT2D eigenvalue weighted by Gasteiger charge is -2.12. The standard InChI is InChI=1S/C17H17ClN4O/c18-12-7-3-4-8-13(12)20-16-9-15-14(10-19-16)21-17(23)22(15)11-5-1-2-6-11/h3-4,7-11H,1-2,5-6H2,(H,19,20)(H,21,23). The van der Waals surface area contributed by atoms with Gasteiger partial charge in [0.1, 0.15) is 5.82 Å². The molecule has 1 fully saturated rings. The number of halogens is 1. The Morgan fingerprint density at radius 1 is 1.26 bits per heavy atom. The summed E-state index contributed by atoms with van der Waals surface area (Å²) in [5, 5.41) is 3.85. The summed E-state index contributed by atoms with van der Waals surface area (Å²) in [5.74, 6) is 0.677. The molecule has 0 unspecified atom stereocenters. The molecule has 3 aromatic rings. The lowest BCUT2D eigenvalue weighted by atomic mass is 10.2. The number of anilines is 2. The number of hydrogen-bond acceptors (Lipinski definition) is 3.